The van der Waals surface area contributed by atoms with Crippen molar-refractivity contribution < 1.29 is 9.59 Å². The van der Waals surface area contributed by atoms with Gasteiger partial charge < -0.3 is 21.3 Å². The number of hydrogen-bond acceptors (Lipinski definition) is 7. The van der Waals surface area contributed by atoms with Crippen molar-refractivity contribution in [3.05, 3.63) is 52.2 Å². The van der Waals surface area contributed by atoms with Crippen molar-refractivity contribution >= 4 is 57.8 Å². The quantitative estimate of drug-likeness (QED) is 0.389. The largest absolute Gasteiger partial charge is 0.381 e. The number of imidazole rings is 1. The third-order valence-corrected chi connectivity index (χ3v) is 6.36. The zero-order valence-electron chi connectivity index (χ0n) is 18.1. The van der Waals surface area contributed by atoms with E-state index in [2.05, 4.69) is 30.6 Å². The minimum absolute atomic E-state index is 0.0182. The smallest absolute Gasteiger partial charge is 0.259 e. The molecule has 11 nitrogen and oxygen atoms in total. The van der Waals surface area contributed by atoms with Crippen LogP contribution in [0, 0.1) is 0 Å². The van der Waals surface area contributed by atoms with Crippen LogP contribution in [0.3, 0.4) is 0 Å². The van der Waals surface area contributed by atoms with Crippen molar-refractivity contribution in [2.24, 2.45) is 0 Å². The molecule has 5 heterocycles. The maximum atomic E-state index is 13.2. The van der Waals surface area contributed by atoms with Crippen molar-refractivity contribution in [1.82, 2.24) is 34.6 Å². The van der Waals surface area contributed by atoms with Gasteiger partial charge in [-0.2, -0.15) is 0 Å². The average Bonchev–Trinajstić information content (AvgIpc) is 3.27. The van der Waals surface area contributed by atoms with Gasteiger partial charge in [-0.15, -0.1) is 5.10 Å². The van der Waals surface area contributed by atoms with Crippen LogP contribution in [0.15, 0.2) is 30.9 Å². The van der Waals surface area contributed by atoms with E-state index in [1.807, 2.05) is 6.92 Å². The van der Waals surface area contributed by atoms with E-state index in [0.717, 1.165) is 11.4 Å². The highest BCUT2D eigenvalue weighted by atomic mass is 35.5. The van der Waals surface area contributed by atoms with Gasteiger partial charge >= 0.3 is 0 Å². The molecule has 0 aliphatic carbocycles. The zero-order valence-corrected chi connectivity index (χ0v) is 19.6. The average molecular weight is 502 g/mol. The summed E-state index contributed by atoms with van der Waals surface area (Å²) < 4.78 is 3.25. The number of hydrogen-bond donors (Lipinski definition) is 3. The Labute approximate surface area is 203 Å². The molecular weight excluding hydrogens is 481 g/mol. The summed E-state index contributed by atoms with van der Waals surface area (Å²) in [7, 11) is 0. The molecule has 176 valence electrons. The van der Waals surface area contributed by atoms with Crippen LogP contribution in [0.1, 0.15) is 35.3 Å². The Hall–Kier alpha value is -3.57. The minimum Gasteiger partial charge on any atom is -0.381 e. The van der Waals surface area contributed by atoms with E-state index < -0.39 is 11.9 Å². The molecule has 1 atom stereocenters. The molecule has 1 aliphatic rings. The third-order valence-electron chi connectivity index (χ3n) is 5.79. The van der Waals surface area contributed by atoms with E-state index in [0.29, 0.717) is 42.2 Å². The Morgan fingerprint density at radius 1 is 1.29 bits per heavy atom. The molecule has 2 amide bonds. The second kappa shape index (κ2) is 8.65. The van der Waals surface area contributed by atoms with Crippen LogP contribution in [0.5, 0.6) is 0 Å². The van der Waals surface area contributed by atoms with E-state index in [1.165, 1.54) is 4.52 Å². The maximum Gasteiger partial charge on any atom is 0.259 e. The van der Waals surface area contributed by atoms with Gasteiger partial charge in [-0.1, -0.05) is 23.2 Å². The number of halogens is 2. The molecule has 4 aromatic heterocycles. The summed E-state index contributed by atoms with van der Waals surface area (Å²) >= 11 is 12.9. The van der Waals surface area contributed by atoms with Gasteiger partial charge in [0.25, 0.3) is 5.91 Å². The fraction of sp³-hybridized carbons (Fsp3) is 0.286. The SMILES string of the molecule is C[C@H](NC(=O)c1c(N)nn2cccnc12)c1cc(Cl)c2c(Cl)ncn2c1N1CCNC(=O)CC1. The van der Waals surface area contributed by atoms with Gasteiger partial charge in [0.15, 0.2) is 16.6 Å². The van der Waals surface area contributed by atoms with Crippen LogP contribution in [0.25, 0.3) is 11.2 Å². The fourth-order valence-corrected chi connectivity index (χ4v) is 4.79. The highest BCUT2D eigenvalue weighted by molar-refractivity contribution is 6.39. The first-order valence-corrected chi connectivity index (χ1v) is 11.4. The Morgan fingerprint density at radius 2 is 2.12 bits per heavy atom. The summed E-state index contributed by atoms with van der Waals surface area (Å²) in [4.78, 5) is 35.7. The number of carbonyl (C=O) groups is 2. The summed E-state index contributed by atoms with van der Waals surface area (Å²) in [5.74, 6) is 0.386. The van der Waals surface area contributed by atoms with Gasteiger partial charge in [-0.3, -0.25) is 14.0 Å². The number of nitrogens with zero attached hydrogens (tertiary/aromatic N) is 6. The molecule has 1 saturated heterocycles. The van der Waals surface area contributed by atoms with Crippen LogP contribution in [-0.2, 0) is 4.79 Å². The number of anilines is 2. The van der Waals surface area contributed by atoms with Gasteiger partial charge in [-0.05, 0) is 19.1 Å². The lowest BCUT2D eigenvalue weighted by atomic mass is 10.1. The van der Waals surface area contributed by atoms with Crippen molar-refractivity contribution in [2.45, 2.75) is 19.4 Å². The number of nitrogens with one attached hydrogen (secondary N) is 2. The summed E-state index contributed by atoms with van der Waals surface area (Å²) in [5, 5.41) is 10.7. The molecule has 1 aliphatic heterocycles. The Kier molecular flexibility index (Phi) is 5.66. The molecule has 0 aromatic carbocycles. The molecule has 34 heavy (non-hydrogen) atoms. The molecule has 0 saturated carbocycles. The maximum absolute atomic E-state index is 13.2. The van der Waals surface area contributed by atoms with E-state index in [9.17, 15) is 9.59 Å². The van der Waals surface area contributed by atoms with Crippen molar-refractivity contribution in [1.29, 1.82) is 0 Å². The number of carbonyl (C=O) groups excluding carboxylic acids is 2. The van der Waals surface area contributed by atoms with Crippen LogP contribution >= 0.6 is 23.2 Å². The standard InChI is InChI=1S/C21H21Cl2N9O2/c1-11(28-20(34)15-18(24)29-32-6-2-4-26-19(15)32)12-9-13(22)16-17(23)27-10-31(16)21(12)30-7-3-14(33)25-5-8-30/h2,4,6,9-11H,3,5,7-8H2,1H3,(H2,24,29)(H,25,33)(H,28,34)/t11-/m0/s1. The Balaban J connectivity index is 1.56. The summed E-state index contributed by atoms with van der Waals surface area (Å²) in [6.45, 7) is 3.37. The summed E-state index contributed by atoms with van der Waals surface area (Å²) in [5.41, 5.74) is 7.86. The summed E-state index contributed by atoms with van der Waals surface area (Å²) in [6.07, 6.45) is 5.16. The molecule has 13 heteroatoms. The van der Waals surface area contributed by atoms with E-state index in [4.69, 9.17) is 28.9 Å². The predicted molar refractivity (Wildman–Crippen MR) is 128 cm³/mol. The number of fused-ring (bicyclic) bond motifs is 2. The monoisotopic (exact) mass is 501 g/mol. The normalized spacial score (nSPS) is 15.4. The number of nitrogen functional groups attached to an aromatic ring is 1. The number of aromatic nitrogens is 5. The fourth-order valence-electron chi connectivity index (χ4n) is 4.21. The van der Waals surface area contributed by atoms with Gasteiger partial charge in [0, 0.05) is 44.0 Å². The highest BCUT2D eigenvalue weighted by Gasteiger charge is 2.27. The lowest BCUT2D eigenvalue weighted by molar-refractivity contribution is -0.120. The topological polar surface area (TPSA) is 135 Å². The summed E-state index contributed by atoms with van der Waals surface area (Å²) in [6, 6.07) is 2.97. The van der Waals surface area contributed by atoms with E-state index in [1.54, 1.807) is 35.3 Å². The van der Waals surface area contributed by atoms with E-state index >= 15 is 0 Å². The predicted octanol–water partition coefficient (Wildman–Crippen LogP) is 2.08. The van der Waals surface area contributed by atoms with Crippen molar-refractivity contribution in [3.8, 4) is 0 Å². The van der Waals surface area contributed by atoms with Gasteiger partial charge in [0.05, 0.1) is 11.1 Å². The van der Waals surface area contributed by atoms with Crippen LogP contribution in [0.4, 0.5) is 11.6 Å². The molecular formula is C21H21Cl2N9O2. The van der Waals surface area contributed by atoms with E-state index in [-0.39, 0.29) is 22.4 Å². The molecule has 5 rings (SSSR count). The second-order valence-electron chi connectivity index (χ2n) is 7.96. The zero-order chi connectivity index (χ0) is 24.0. The number of amides is 2. The van der Waals surface area contributed by atoms with Crippen LogP contribution in [0.2, 0.25) is 10.2 Å². The van der Waals surface area contributed by atoms with Gasteiger partial charge in [0.1, 0.15) is 23.2 Å². The molecule has 0 spiro atoms. The Bertz CT molecular complexity index is 1430. The van der Waals surface area contributed by atoms with Crippen molar-refractivity contribution in [2.75, 3.05) is 30.3 Å². The number of nitrogens with two attached hydrogens (primary N) is 1. The third kappa shape index (κ3) is 3.76. The molecule has 0 bridgehead atoms. The van der Waals surface area contributed by atoms with Crippen molar-refractivity contribution in [3.63, 3.8) is 0 Å². The molecule has 0 unspecified atom stereocenters. The number of rotatable bonds is 4. The molecule has 0 radical (unpaired) electrons. The van der Waals surface area contributed by atoms with Gasteiger partial charge in [0.2, 0.25) is 5.91 Å². The highest BCUT2D eigenvalue weighted by Crippen LogP contribution is 2.36. The minimum atomic E-state index is -0.490. The first-order valence-electron chi connectivity index (χ1n) is 10.6. The second-order valence-corrected chi connectivity index (χ2v) is 8.72. The number of pyridine rings is 1. The molecule has 1 fully saturated rings. The molecule has 4 N–H and O–H groups in total. The first-order chi connectivity index (χ1) is 16.3. The Morgan fingerprint density at radius 3 is 2.94 bits per heavy atom. The lowest BCUT2D eigenvalue weighted by Crippen LogP contribution is -2.33. The van der Waals surface area contributed by atoms with Gasteiger partial charge in [-0.25, -0.2) is 14.5 Å². The van der Waals surface area contributed by atoms with Crippen LogP contribution < -0.4 is 21.3 Å². The lowest BCUT2D eigenvalue weighted by Gasteiger charge is -2.29. The molecule has 4 aromatic rings. The first kappa shape index (κ1) is 22.2. The van der Waals surface area contributed by atoms with Crippen LogP contribution in [-0.4, -0.2) is 55.4 Å².